The van der Waals surface area contributed by atoms with Crippen LogP contribution in [-0.4, -0.2) is 30.9 Å². The van der Waals surface area contributed by atoms with E-state index in [4.69, 9.17) is 4.74 Å². The van der Waals surface area contributed by atoms with Gasteiger partial charge in [0.2, 0.25) is 0 Å². The quantitative estimate of drug-likeness (QED) is 0.518. The molecule has 0 bridgehead atoms. The Morgan fingerprint density at radius 2 is 1.14 bits per heavy atom. The van der Waals surface area contributed by atoms with Crippen molar-refractivity contribution in [2.45, 2.75) is 85.5 Å². The van der Waals surface area contributed by atoms with Gasteiger partial charge in [-0.25, -0.2) is 0 Å². The van der Waals surface area contributed by atoms with E-state index >= 15 is 0 Å². The van der Waals surface area contributed by atoms with Gasteiger partial charge in [0.25, 0.3) is 0 Å². The molecule has 1 saturated heterocycles. The van der Waals surface area contributed by atoms with Crippen LogP contribution in [0.15, 0.2) is 0 Å². The maximum Gasteiger partial charge on any atom is 3.00 e. The summed E-state index contributed by atoms with van der Waals surface area (Å²) >= 11 is 0. The molecule has 0 saturated carbocycles. The van der Waals surface area contributed by atoms with Crippen molar-refractivity contribution in [1.82, 2.24) is 0 Å². The zero-order valence-corrected chi connectivity index (χ0v) is 18.0. The zero-order chi connectivity index (χ0) is 16.6. The second kappa shape index (κ2) is 22.8. The number of cyclic esters (lactones) is 1. The molecule has 0 N–H and O–H groups in total. The van der Waals surface area contributed by atoms with Crippen molar-refractivity contribution >= 4 is 5.97 Å². The van der Waals surface area contributed by atoms with Gasteiger partial charge in [0.1, 0.15) is 0 Å². The van der Waals surface area contributed by atoms with Crippen molar-refractivity contribution in [2.75, 3.05) is 6.61 Å². The van der Waals surface area contributed by atoms with Gasteiger partial charge in [0.15, 0.2) is 0 Å². The Bertz CT molecular complexity index is 164. The van der Waals surface area contributed by atoms with Gasteiger partial charge in [-0.05, 0) is 19.3 Å². The second-order valence-electron chi connectivity index (χ2n) is 5.18. The van der Waals surface area contributed by atoms with Gasteiger partial charge in [-0.1, -0.05) is 41.5 Å². The summed E-state index contributed by atoms with van der Waals surface area (Å²) in [5.74, 6) is -0.0255. The molecule has 21 heavy (non-hydrogen) atoms. The Labute approximate surface area is 158 Å². The minimum absolute atomic E-state index is 0. The number of ether oxygens (including phenoxy) is 1. The average Bonchev–Trinajstić information content (AvgIpc) is 2.42. The van der Waals surface area contributed by atoms with Crippen molar-refractivity contribution in [1.29, 1.82) is 0 Å². The molecule has 6 heteroatoms. The molecule has 0 spiro atoms. The smallest absolute Gasteiger partial charge is 0.852 e. The molecule has 1 heterocycles. The molecule has 0 aromatic carbocycles. The molecular formula is C15H31LaO5. The van der Waals surface area contributed by atoms with Crippen LogP contribution >= 0.6 is 0 Å². The standard InChI is InChI=1S/C6H10O2.3C3H7O.La/c7-6-4-2-1-3-5-8-6;3*1-3(2)4;/h1-5H2;3*3H,1-2H3;/q;3*-1;+3. The maximum atomic E-state index is 10.5. The second-order valence-corrected chi connectivity index (χ2v) is 5.18. The van der Waals surface area contributed by atoms with Crippen LogP contribution in [-0.2, 0) is 9.53 Å². The fourth-order valence-electron chi connectivity index (χ4n) is 0.806. The van der Waals surface area contributed by atoms with Crippen molar-refractivity contribution < 1.29 is 60.4 Å². The van der Waals surface area contributed by atoms with Crippen LogP contribution in [0.3, 0.4) is 0 Å². The molecular weight excluding hydrogens is 399 g/mol. The van der Waals surface area contributed by atoms with E-state index in [2.05, 4.69) is 0 Å². The van der Waals surface area contributed by atoms with E-state index in [9.17, 15) is 20.1 Å². The summed E-state index contributed by atoms with van der Waals surface area (Å²) in [6, 6.07) is 0. The number of rotatable bonds is 0. The number of hydrogen-bond donors (Lipinski definition) is 0. The molecule has 1 aliphatic heterocycles. The maximum absolute atomic E-state index is 10.5. The largest absolute Gasteiger partial charge is 3.00 e. The van der Waals surface area contributed by atoms with E-state index in [-0.39, 0.29) is 41.6 Å². The van der Waals surface area contributed by atoms with Gasteiger partial charge in [0, 0.05) is 6.42 Å². The van der Waals surface area contributed by atoms with E-state index in [1.54, 1.807) is 41.5 Å². The summed E-state index contributed by atoms with van der Waals surface area (Å²) in [6.45, 7) is 10.3. The number of carbonyl (C=O) groups excluding carboxylic acids is 1. The fourth-order valence-corrected chi connectivity index (χ4v) is 0.806. The van der Waals surface area contributed by atoms with Crippen LogP contribution in [0.1, 0.15) is 67.2 Å². The third kappa shape index (κ3) is 77.6. The summed E-state index contributed by atoms with van der Waals surface area (Å²) in [5.41, 5.74) is 0. The fraction of sp³-hybridized carbons (Fsp3) is 0.933. The Morgan fingerprint density at radius 1 is 0.810 bits per heavy atom. The topological polar surface area (TPSA) is 95.5 Å². The van der Waals surface area contributed by atoms with Gasteiger partial charge in [-0.15, -0.1) is 18.3 Å². The summed E-state index contributed by atoms with van der Waals surface area (Å²) in [6.07, 6.45) is 2.58. The molecule has 0 aliphatic carbocycles. The first-order chi connectivity index (χ1) is 9.09. The minimum Gasteiger partial charge on any atom is -0.852 e. The third-order valence-corrected chi connectivity index (χ3v) is 1.29. The number of carbonyl (C=O) groups is 1. The van der Waals surface area contributed by atoms with E-state index in [0.29, 0.717) is 13.0 Å². The molecule has 5 nitrogen and oxygen atoms in total. The van der Waals surface area contributed by atoms with Crippen molar-refractivity contribution in [3.05, 3.63) is 0 Å². The number of hydrogen-bond acceptors (Lipinski definition) is 5. The van der Waals surface area contributed by atoms with E-state index in [1.807, 2.05) is 0 Å². The van der Waals surface area contributed by atoms with E-state index in [1.165, 1.54) is 0 Å². The van der Waals surface area contributed by atoms with Crippen LogP contribution in [0.5, 0.6) is 0 Å². The zero-order valence-electron chi connectivity index (χ0n) is 14.4. The predicted octanol–water partition coefficient (Wildman–Crippen LogP) is 0.369. The first kappa shape index (κ1) is 29.5. The first-order valence-electron chi connectivity index (χ1n) is 7.22. The summed E-state index contributed by atoms with van der Waals surface area (Å²) in [7, 11) is 0. The van der Waals surface area contributed by atoms with Crippen molar-refractivity contribution in [3.8, 4) is 0 Å². The van der Waals surface area contributed by atoms with Crippen molar-refractivity contribution in [3.63, 3.8) is 0 Å². The first-order valence-corrected chi connectivity index (χ1v) is 7.22. The normalized spacial score (nSPS) is 13.4. The molecule has 1 rings (SSSR count). The van der Waals surface area contributed by atoms with Gasteiger partial charge >= 0.3 is 41.6 Å². The predicted molar refractivity (Wildman–Crippen MR) is 74.8 cm³/mol. The van der Waals surface area contributed by atoms with Gasteiger partial charge in [0.05, 0.1) is 6.61 Å². The van der Waals surface area contributed by atoms with Crippen LogP contribution in [0.25, 0.3) is 0 Å². The molecule has 0 radical (unpaired) electrons. The summed E-state index contributed by atoms with van der Waals surface area (Å²) in [4.78, 5) is 10.5. The Morgan fingerprint density at radius 3 is 1.48 bits per heavy atom. The molecule has 0 amide bonds. The third-order valence-electron chi connectivity index (χ3n) is 1.29. The van der Waals surface area contributed by atoms with Gasteiger partial charge < -0.3 is 20.1 Å². The summed E-state index contributed by atoms with van der Waals surface area (Å²) < 4.78 is 4.76. The minimum atomic E-state index is -0.417. The Balaban J connectivity index is -0.0000000973. The number of esters is 1. The summed E-state index contributed by atoms with van der Waals surface area (Å²) in [5, 5.41) is 28.6. The molecule has 0 aromatic heterocycles. The SMILES string of the molecule is CC(C)[O-].CC(C)[O-].CC(C)[O-].O=C1CCCCCO1.[La+3]. The van der Waals surface area contributed by atoms with E-state index in [0.717, 1.165) is 19.3 Å². The molecule has 0 atom stereocenters. The Kier molecular flexibility index (Phi) is 32.1. The van der Waals surface area contributed by atoms with Gasteiger partial charge in [-0.3, -0.25) is 4.79 Å². The Hall–Kier alpha value is 0.545. The van der Waals surface area contributed by atoms with Gasteiger partial charge in [-0.2, -0.15) is 0 Å². The van der Waals surface area contributed by atoms with Crippen LogP contribution in [0, 0.1) is 35.6 Å². The molecule has 1 fully saturated rings. The van der Waals surface area contributed by atoms with Crippen LogP contribution < -0.4 is 15.3 Å². The molecule has 124 valence electrons. The monoisotopic (exact) mass is 430 g/mol. The average molecular weight is 430 g/mol. The van der Waals surface area contributed by atoms with Crippen LogP contribution in [0.4, 0.5) is 0 Å². The molecule has 0 aromatic rings. The van der Waals surface area contributed by atoms with Crippen molar-refractivity contribution in [2.24, 2.45) is 0 Å². The van der Waals surface area contributed by atoms with Crippen LogP contribution in [0.2, 0.25) is 0 Å². The molecule has 0 unspecified atom stereocenters. The molecule has 1 aliphatic rings. The van der Waals surface area contributed by atoms with E-state index < -0.39 is 18.3 Å².